The van der Waals surface area contributed by atoms with E-state index in [0.29, 0.717) is 31.1 Å². The Hall–Kier alpha value is -2.86. The molecule has 0 spiro atoms. The van der Waals surface area contributed by atoms with Gasteiger partial charge in [0.25, 0.3) is 5.91 Å². The van der Waals surface area contributed by atoms with Crippen LogP contribution in [0.2, 0.25) is 0 Å². The Morgan fingerprint density at radius 3 is 2.88 bits per heavy atom. The maximum absolute atomic E-state index is 11.9. The molecule has 6 nitrogen and oxygen atoms in total. The number of amides is 1. The van der Waals surface area contributed by atoms with Crippen LogP contribution in [0.5, 0.6) is 0 Å². The third-order valence-corrected chi connectivity index (χ3v) is 3.54. The molecular weight excluding hydrogens is 306 g/mol. The molecule has 0 aliphatic carbocycles. The molecule has 0 aliphatic rings. The SMILES string of the molecule is COCCNC(=O)c1ccc(NCc2cc3ccccc3o2)nc1. The molecule has 0 atom stereocenters. The first-order chi connectivity index (χ1) is 11.8. The van der Waals surface area contributed by atoms with Crippen LogP contribution < -0.4 is 10.6 Å². The van der Waals surface area contributed by atoms with E-state index in [2.05, 4.69) is 15.6 Å². The molecule has 0 bridgehead atoms. The number of nitrogens with zero attached hydrogens (tertiary/aromatic N) is 1. The molecule has 0 unspecified atom stereocenters. The zero-order valence-corrected chi connectivity index (χ0v) is 13.4. The normalized spacial score (nSPS) is 10.7. The van der Waals surface area contributed by atoms with Crippen molar-refractivity contribution >= 4 is 22.7 Å². The van der Waals surface area contributed by atoms with Crippen LogP contribution in [-0.2, 0) is 11.3 Å². The lowest BCUT2D eigenvalue weighted by molar-refractivity contribution is 0.0937. The number of fused-ring (bicyclic) bond motifs is 1. The van der Waals surface area contributed by atoms with Crippen LogP contribution in [0, 0.1) is 0 Å². The van der Waals surface area contributed by atoms with E-state index in [1.807, 2.05) is 30.3 Å². The highest BCUT2D eigenvalue weighted by molar-refractivity contribution is 5.94. The molecule has 0 aliphatic heterocycles. The van der Waals surface area contributed by atoms with Crippen LogP contribution in [-0.4, -0.2) is 31.2 Å². The van der Waals surface area contributed by atoms with E-state index in [1.54, 1.807) is 25.4 Å². The minimum atomic E-state index is -0.164. The van der Waals surface area contributed by atoms with Gasteiger partial charge in [-0.2, -0.15) is 0 Å². The van der Waals surface area contributed by atoms with Gasteiger partial charge in [-0.05, 0) is 24.3 Å². The second-order valence-electron chi connectivity index (χ2n) is 5.28. The lowest BCUT2D eigenvalue weighted by Gasteiger charge is -2.06. The largest absolute Gasteiger partial charge is 0.459 e. The molecule has 0 saturated heterocycles. The number of anilines is 1. The zero-order chi connectivity index (χ0) is 16.8. The van der Waals surface area contributed by atoms with Crippen LogP contribution in [0.15, 0.2) is 53.1 Å². The third kappa shape index (κ3) is 3.91. The van der Waals surface area contributed by atoms with Crippen molar-refractivity contribution in [2.75, 3.05) is 25.6 Å². The van der Waals surface area contributed by atoms with Gasteiger partial charge in [-0.25, -0.2) is 4.98 Å². The first-order valence-corrected chi connectivity index (χ1v) is 7.71. The second-order valence-corrected chi connectivity index (χ2v) is 5.28. The van der Waals surface area contributed by atoms with Crippen molar-refractivity contribution < 1.29 is 13.9 Å². The number of hydrogen-bond donors (Lipinski definition) is 2. The summed E-state index contributed by atoms with van der Waals surface area (Å²) in [4.78, 5) is 16.1. The zero-order valence-electron chi connectivity index (χ0n) is 13.4. The molecule has 3 rings (SSSR count). The van der Waals surface area contributed by atoms with Crippen molar-refractivity contribution in [2.45, 2.75) is 6.54 Å². The minimum Gasteiger partial charge on any atom is -0.459 e. The predicted molar refractivity (Wildman–Crippen MR) is 92.0 cm³/mol. The monoisotopic (exact) mass is 325 g/mol. The number of nitrogens with one attached hydrogen (secondary N) is 2. The number of furan rings is 1. The highest BCUT2D eigenvalue weighted by Gasteiger charge is 2.06. The average Bonchev–Trinajstić information content (AvgIpc) is 3.03. The Kier molecular flexibility index (Phi) is 5.08. The van der Waals surface area contributed by atoms with Crippen molar-refractivity contribution in [1.82, 2.24) is 10.3 Å². The first-order valence-electron chi connectivity index (χ1n) is 7.71. The molecule has 6 heteroatoms. The molecule has 2 heterocycles. The van der Waals surface area contributed by atoms with E-state index in [9.17, 15) is 4.79 Å². The number of benzene rings is 1. The maximum atomic E-state index is 11.9. The van der Waals surface area contributed by atoms with Gasteiger partial charge < -0.3 is 19.8 Å². The fraction of sp³-hybridized carbons (Fsp3) is 0.222. The average molecular weight is 325 g/mol. The number of methoxy groups -OCH3 is 1. The van der Waals surface area contributed by atoms with Crippen LogP contribution in [0.25, 0.3) is 11.0 Å². The second kappa shape index (κ2) is 7.61. The van der Waals surface area contributed by atoms with Gasteiger partial charge in [0.2, 0.25) is 0 Å². The molecule has 24 heavy (non-hydrogen) atoms. The van der Waals surface area contributed by atoms with Crippen molar-refractivity contribution in [3.63, 3.8) is 0 Å². The van der Waals surface area contributed by atoms with Gasteiger partial charge in [-0.3, -0.25) is 4.79 Å². The smallest absolute Gasteiger partial charge is 0.252 e. The summed E-state index contributed by atoms with van der Waals surface area (Å²) in [7, 11) is 1.59. The summed E-state index contributed by atoms with van der Waals surface area (Å²) < 4.78 is 10.6. The van der Waals surface area contributed by atoms with Crippen molar-refractivity contribution in [1.29, 1.82) is 0 Å². The summed E-state index contributed by atoms with van der Waals surface area (Å²) >= 11 is 0. The number of ether oxygens (including phenoxy) is 1. The van der Waals surface area contributed by atoms with E-state index in [1.165, 1.54) is 0 Å². The van der Waals surface area contributed by atoms with Crippen molar-refractivity contribution in [3.8, 4) is 0 Å². The molecule has 124 valence electrons. The number of rotatable bonds is 7. The lowest BCUT2D eigenvalue weighted by atomic mass is 10.2. The van der Waals surface area contributed by atoms with Gasteiger partial charge in [0.05, 0.1) is 18.7 Å². The van der Waals surface area contributed by atoms with Crippen LogP contribution in [0.4, 0.5) is 5.82 Å². The van der Waals surface area contributed by atoms with Gasteiger partial charge in [-0.15, -0.1) is 0 Å². The molecule has 2 aromatic heterocycles. The Bertz CT molecular complexity index is 779. The Labute approximate surface area is 139 Å². The molecule has 0 saturated carbocycles. The third-order valence-electron chi connectivity index (χ3n) is 3.54. The van der Waals surface area contributed by atoms with E-state index >= 15 is 0 Å². The number of carbonyl (C=O) groups excluding carboxylic acids is 1. The van der Waals surface area contributed by atoms with E-state index in [4.69, 9.17) is 9.15 Å². The van der Waals surface area contributed by atoms with E-state index in [0.717, 1.165) is 16.7 Å². The molecule has 1 aromatic carbocycles. The van der Waals surface area contributed by atoms with Gasteiger partial charge in [0.1, 0.15) is 17.2 Å². The van der Waals surface area contributed by atoms with Crippen LogP contribution in [0.1, 0.15) is 16.1 Å². The molecule has 0 radical (unpaired) electrons. The maximum Gasteiger partial charge on any atom is 0.252 e. The van der Waals surface area contributed by atoms with Gasteiger partial charge >= 0.3 is 0 Å². The highest BCUT2D eigenvalue weighted by Crippen LogP contribution is 2.19. The quantitative estimate of drug-likeness (QED) is 0.653. The fourth-order valence-electron chi connectivity index (χ4n) is 2.30. The topological polar surface area (TPSA) is 76.4 Å². The summed E-state index contributed by atoms with van der Waals surface area (Å²) in [6.45, 7) is 1.48. The highest BCUT2D eigenvalue weighted by atomic mass is 16.5. The molecule has 3 aromatic rings. The predicted octanol–water partition coefficient (Wildman–Crippen LogP) is 2.82. The van der Waals surface area contributed by atoms with E-state index in [-0.39, 0.29) is 5.91 Å². The molecular formula is C18H19N3O3. The Balaban J connectivity index is 1.56. The molecule has 2 N–H and O–H groups in total. The van der Waals surface area contributed by atoms with Crippen LogP contribution >= 0.6 is 0 Å². The van der Waals surface area contributed by atoms with Crippen molar-refractivity contribution in [3.05, 3.63) is 60.0 Å². The van der Waals surface area contributed by atoms with Crippen molar-refractivity contribution in [2.24, 2.45) is 0 Å². The summed E-state index contributed by atoms with van der Waals surface area (Å²) in [5.74, 6) is 1.35. The Morgan fingerprint density at radius 1 is 1.25 bits per heavy atom. The summed E-state index contributed by atoms with van der Waals surface area (Å²) in [5, 5.41) is 7.01. The summed E-state index contributed by atoms with van der Waals surface area (Å²) in [5.41, 5.74) is 1.38. The number of hydrogen-bond acceptors (Lipinski definition) is 5. The van der Waals surface area contributed by atoms with E-state index < -0.39 is 0 Å². The van der Waals surface area contributed by atoms with Gasteiger partial charge in [0.15, 0.2) is 0 Å². The van der Waals surface area contributed by atoms with Crippen LogP contribution in [0.3, 0.4) is 0 Å². The summed E-state index contributed by atoms with van der Waals surface area (Å²) in [6, 6.07) is 13.4. The minimum absolute atomic E-state index is 0.164. The first kappa shape index (κ1) is 16.0. The number of pyridine rings is 1. The summed E-state index contributed by atoms with van der Waals surface area (Å²) in [6.07, 6.45) is 1.54. The van der Waals surface area contributed by atoms with Gasteiger partial charge in [-0.1, -0.05) is 18.2 Å². The number of aromatic nitrogens is 1. The van der Waals surface area contributed by atoms with Gasteiger partial charge in [0, 0.05) is 25.2 Å². The lowest BCUT2D eigenvalue weighted by Crippen LogP contribution is -2.27. The number of carbonyl (C=O) groups is 1. The molecule has 1 amide bonds. The Morgan fingerprint density at radius 2 is 2.12 bits per heavy atom. The standard InChI is InChI=1S/C18H19N3O3/c1-23-9-8-19-18(22)14-6-7-17(20-11-14)21-12-15-10-13-4-2-3-5-16(13)24-15/h2-7,10-11H,8-9,12H2,1H3,(H,19,22)(H,20,21). The fourth-order valence-corrected chi connectivity index (χ4v) is 2.30. The number of para-hydroxylation sites is 1. The molecule has 0 fully saturated rings.